The number of aryl methyl sites for hydroxylation is 2. The largest absolute Gasteiger partial charge is 0.346 e. The molecule has 5 nitrogen and oxygen atoms in total. The topological polar surface area (TPSA) is 62.6 Å². The third kappa shape index (κ3) is 8.00. The highest BCUT2D eigenvalue weighted by atomic mass is 16.2. The predicted molar refractivity (Wildman–Crippen MR) is 107 cm³/mol. The number of carbonyl (C=O) groups excluding carboxylic acids is 2. The Morgan fingerprint density at radius 3 is 1.96 bits per heavy atom. The highest BCUT2D eigenvalue weighted by Crippen LogP contribution is 2.26. The van der Waals surface area contributed by atoms with Crippen molar-refractivity contribution >= 4 is 17.5 Å². The first-order valence-corrected chi connectivity index (χ1v) is 9.27. The van der Waals surface area contributed by atoms with Gasteiger partial charge < -0.3 is 15.5 Å². The van der Waals surface area contributed by atoms with Crippen molar-refractivity contribution < 1.29 is 14.5 Å². The van der Waals surface area contributed by atoms with E-state index < -0.39 is 0 Å². The van der Waals surface area contributed by atoms with E-state index in [0.29, 0.717) is 0 Å². The zero-order valence-electron chi connectivity index (χ0n) is 17.7. The fraction of sp³-hybridized carbons (Fsp3) is 0.619. The summed E-state index contributed by atoms with van der Waals surface area (Å²) >= 11 is 0. The molecule has 1 atom stereocenters. The Morgan fingerprint density at radius 2 is 1.46 bits per heavy atom. The smallest absolute Gasteiger partial charge is 0.279 e. The van der Waals surface area contributed by atoms with Crippen molar-refractivity contribution in [2.45, 2.75) is 60.4 Å². The number of quaternary nitrogens is 1. The number of hydrogen-bond acceptors (Lipinski definition) is 2. The number of carbonyl (C=O) groups is 2. The van der Waals surface area contributed by atoms with Gasteiger partial charge in [0.05, 0.1) is 7.05 Å². The van der Waals surface area contributed by atoms with Crippen LogP contribution >= 0.6 is 0 Å². The van der Waals surface area contributed by atoms with Crippen LogP contribution in [0.2, 0.25) is 0 Å². The predicted octanol–water partition coefficient (Wildman–Crippen LogP) is 2.09. The molecule has 0 saturated heterocycles. The first-order chi connectivity index (χ1) is 11.8. The Labute approximate surface area is 158 Å². The quantitative estimate of drug-likeness (QED) is 0.695. The van der Waals surface area contributed by atoms with Crippen molar-refractivity contribution in [2.75, 3.05) is 25.5 Å². The summed E-state index contributed by atoms with van der Waals surface area (Å²) in [6.07, 6.45) is 0.887. The number of nitrogens with one attached hydrogen (secondary N) is 3. The average Bonchev–Trinajstić information content (AvgIpc) is 2.38. The van der Waals surface area contributed by atoms with Gasteiger partial charge in [-0.15, -0.1) is 0 Å². The van der Waals surface area contributed by atoms with E-state index in [1.54, 1.807) is 0 Å². The molecule has 2 amide bonds. The van der Waals surface area contributed by atoms with E-state index in [1.165, 1.54) is 0 Å². The van der Waals surface area contributed by atoms with Gasteiger partial charge in [0.2, 0.25) is 0 Å². The first-order valence-electron chi connectivity index (χ1n) is 9.27. The molecule has 1 aromatic carbocycles. The second-order valence-electron chi connectivity index (χ2n) is 9.30. The Kier molecular flexibility index (Phi) is 7.39. The van der Waals surface area contributed by atoms with Crippen molar-refractivity contribution in [1.29, 1.82) is 0 Å². The van der Waals surface area contributed by atoms with Crippen LogP contribution in [0.5, 0.6) is 0 Å². The van der Waals surface area contributed by atoms with Gasteiger partial charge in [0.15, 0.2) is 13.1 Å². The molecule has 0 aliphatic carbocycles. The number of para-hydroxylation sites is 1. The maximum absolute atomic E-state index is 12.3. The summed E-state index contributed by atoms with van der Waals surface area (Å²) in [4.78, 5) is 25.5. The van der Waals surface area contributed by atoms with Crippen molar-refractivity contribution in [2.24, 2.45) is 5.41 Å². The van der Waals surface area contributed by atoms with Gasteiger partial charge in [0.1, 0.15) is 0 Å². The Hall–Kier alpha value is -1.88. The lowest BCUT2D eigenvalue weighted by Gasteiger charge is -2.33. The highest BCUT2D eigenvalue weighted by Gasteiger charge is 2.28. The summed E-state index contributed by atoms with van der Waals surface area (Å²) in [7, 11) is 1.86. The van der Waals surface area contributed by atoms with Crippen molar-refractivity contribution in [3.05, 3.63) is 29.3 Å². The van der Waals surface area contributed by atoms with Gasteiger partial charge in [-0.05, 0) is 50.7 Å². The molecule has 1 unspecified atom stereocenters. The van der Waals surface area contributed by atoms with E-state index in [4.69, 9.17) is 0 Å². The first kappa shape index (κ1) is 22.2. The maximum atomic E-state index is 12.3. The molecule has 0 bridgehead atoms. The van der Waals surface area contributed by atoms with Crippen LogP contribution in [0.4, 0.5) is 5.69 Å². The average molecular weight is 363 g/mol. The standard InChI is InChI=1S/C21H35N3O2/c1-15-10-9-11-16(2)19(15)22-17(25)12-24(8)13-18(26)23-21(6,7)14-20(3,4)5/h9-11H,12-14H2,1-8H3,(H,22,25)(H,23,26)/p+1. The minimum Gasteiger partial charge on any atom is -0.346 e. The molecule has 0 aliphatic heterocycles. The molecule has 26 heavy (non-hydrogen) atoms. The van der Waals surface area contributed by atoms with Gasteiger partial charge in [0.25, 0.3) is 11.8 Å². The monoisotopic (exact) mass is 362 g/mol. The molecule has 146 valence electrons. The van der Waals surface area contributed by atoms with E-state index in [1.807, 2.05) is 52.9 Å². The molecule has 3 N–H and O–H groups in total. The number of hydrogen-bond donors (Lipinski definition) is 3. The van der Waals surface area contributed by atoms with Gasteiger partial charge in [-0.2, -0.15) is 0 Å². The lowest BCUT2D eigenvalue weighted by molar-refractivity contribution is -0.862. The van der Waals surface area contributed by atoms with Gasteiger partial charge in [0, 0.05) is 11.2 Å². The Morgan fingerprint density at radius 1 is 0.962 bits per heavy atom. The number of amides is 2. The van der Waals surface area contributed by atoms with Crippen molar-refractivity contribution in [1.82, 2.24) is 5.32 Å². The number of rotatable bonds is 7. The summed E-state index contributed by atoms with van der Waals surface area (Å²) in [6, 6.07) is 5.93. The number of benzene rings is 1. The molecule has 5 heteroatoms. The highest BCUT2D eigenvalue weighted by molar-refractivity contribution is 5.93. The second-order valence-corrected chi connectivity index (χ2v) is 9.30. The summed E-state index contributed by atoms with van der Waals surface area (Å²) in [5, 5.41) is 6.06. The van der Waals surface area contributed by atoms with Gasteiger partial charge in [-0.25, -0.2) is 0 Å². The number of likely N-dealkylation sites (N-methyl/N-ethyl adjacent to an activating group) is 1. The lowest BCUT2D eigenvalue weighted by Crippen LogP contribution is -3.11. The molecular weight excluding hydrogens is 326 g/mol. The summed E-state index contributed by atoms with van der Waals surface area (Å²) in [6.45, 7) is 15.0. The van der Waals surface area contributed by atoms with Crippen LogP contribution in [0.1, 0.15) is 52.2 Å². The molecule has 0 saturated carbocycles. The molecule has 0 fully saturated rings. The van der Waals surface area contributed by atoms with Crippen LogP contribution in [0.15, 0.2) is 18.2 Å². The van der Waals surface area contributed by atoms with Gasteiger partial charge in [-0.1, -0.05) is 39.0 Å². The molecule has 1 rings (SSSR count). The van der Waals surface area contributed by atoms with E-state index in [-0.39, 0.29) is 35.9 Å². The summed E-state index contributed by atoms with van der Waals surface area (Å²) < 4.78 is 0. The summed E-state index contributed by atoms with van der Waals surface area (Å²) in [5.74, 6) is -0.113. The van der Waals surface area contributed by atoms with E-state index in [2.05, 4.69) is 31.4 Å². The van der Waals surface area contributed by atoms with Crippen molar-refractivity contribution in [3.8, 4) is 0 Å². The normalized spacial score (nSPS) is 13.2. The van der Waals surface area contributed by atoms with E-state index in [9.17, 15) is 9.59 Å². The summed E-state index contributed by atoms with van der Waals surface area (Å²) in [5.41, 5.74) is 2.81. The van der Waals surface area contributed by atoms with Crippen LogP contribution in [0, 0.1) is 19.3 Å². The van der Waals surface area contributed by atoms with Gasteiger partial charge in [-0.3, -0.25) is 9.59 Å². The van der Waals surface area contributed by atoms with Crippen LogP contribution in [-0.4, -0.2) is 37.5 Å². The lowest BCUT2D eigenvalue weighted by atomic mass is 9.82. The Balaban J connectivity index is 2.54. The number of anilines is 1. The van der Waals surface area contributed by atoms with Crippen molar-refractivity contribution in [3.63, 3.8) is 0 Å². The molecule has 0 heterocycles. The fourth-order valence-corrected chi connectivity index (χ4v) is 3.60. The van der Waals surface area contributed by atoms with Gasteiger partial charge >= 0.3 is 0 Å². The zero-order chi connectivity index (χ0) is 20.1. The second kappa shape index (κ2) is 8.67. The third-order valence-electron chi connectivity index (χ3n) is 4.12. The molecule has 0 spiro atoms. The zero-order valence-corrected chi connectivity index (χ0v) is 17.7. The minimum absolute atomic E-state index is 0.0309. The fourth-order valence-electron chi connectivity index (χ4n) is 3.60. The molecular formula is C21H36N3O2+. The SMILES string of the molecule is Cc1cccc(C)c1NC(=O)C[NH+](C)CC(=O)NC(C)(C)CC(C)(C)C. The molecule has 1 aromatic rings. The molecule has 0 aromatic heterocycles. The molecule has 0 radical (unpaired) electrons. The van der Waals surface area contributed by atoms with Crippen LogP contribution in [0.3, 0.4) is 0 Å². The maximum Gasteiger partial charge on any atom is 0.279 e. The molecule has 0 aliphatic rings. The Bertz CT molecular complexity index is 625. The van der Waals surface area contributed by atoms with E-state index >= 15 is 0 Å². The van der Waals surface area contributed by atoms with E-state index in [0.717, 1.165) is 28.1 Å². The van der Waals surface area contributed by atoms with Crippen LogP contribution in [0.25, 0.3) is 0 Å². The van der Waals surface area contributed by atoms with Crippen LogP contribution in [-0.2, 0) is 9.59 Å². The van der Waals surface area contributed by atoms with Crippen LogP contribution < -0.4 is 15.5 Å². The minimum atomic E-state index is -0.268. The third-order valence-corrected chi connectivity index (χ3v) is 4.12.